The summed E-state index contributed by atoms with van der Waals surface area (Å²) in [6, 6.07) is 8.69. The van der Waals surface area contributed by atoms with E-state index in [2.05, 4.69) is 35.1 Å². The van der Waals surface area contributed by atoms with Gasteiger partial charge in [-0.15, -0.1) is 0 Å². The Hall–Kier alpha value is -5.21. The predicted molar refractivity (Wildman–Crippen MR) is 171 cm³/mol. The van der Waals surface area contributed by atoms with Gasteiger partial charge in [0.05, 0.1) is 25.0 Å². The molecule has 4 heterocycles. The highest BCUT2D eigenvalue weighted by atomic mass is 19.4. The Morgan fingerprint density at radius 2 is 1.73 bits per heavy atom. The van der Waals surface area contributed by atoms with Gasteiger partial charge in [-0.25, -0.2) is 30.0 Å². The van der Waals surface area contributed by atoms with Crippen LogP contribution in [0.3, 0.4) is 0 Å². The fourth-order valence-corrected chi connectivity index (χ4v) is 5.46. The van der Waals surface area contributed by atoms with Crippen LogP contribution < -0.4 is 15.2 Å². The fourth-order valence-electron chi connectivity index (χ4n) is 5.46. The molecule has 6 rings (SSSR count). The first-order valence-corrected chi connectivity index (χ1v) is 15.6. The number of ether oxygens (including phenoxy) is 1. The van der Waals surface area contributed by atoms with Gasteiger partial charge < -0.3 is 14.2 Å². The van der Waals surface area contributed by atoms with Crippen molar-refractivity contribution in [2.75, 3.05) is 12.0 Å². The highest BCUT2D eigenvalue weighted by Gasteiger charge is 2.35. The molecule has 0 aliphatic heterocycles. The zero-order valence-electron chi connectivity index (χ0n) is 27.2. The van der Waals surface area contributed by atoms with Gasteiger partial charge in [0, 0.05) is 35.8 Å². The Kier molecular flexibility index (Phi) is 8.95. The van der Waals surface area contributed by atoms with Gasteiger partial charge in [0.15, 0.2) is 11.5 Å². The monoisotopic (exact) mass is 660 g/mol. The number of nitrogens with zero attached hydrogens (tertiary/aromatic N) is 9. The van der Waals surface area contributed by atoms with E-state index in [1.165, 1.54) is 24.3 Å². The number of hydrogen-bond donors (Lipinski definition) is 1. The van der Waals surface area contributed by atoms with Crippen molar-refractivity contribution in [3.05, 3.63) is 87.7 Å². The first kappa shape index (κ1) is 32.7. The standard InChI is InChI=1S/C33H35F3N10O2/c1-18(2)24-12-23(43-44-30(24)47)14-45(32-40-17-38-28(42-32)26-27(21-10-11-21)37-16-39-31(26)48-5)13-20-6-8-22(9-7-20)29-41-25(33(34,35)36)15-46(29)19(3)4/h6-9,12,15-19,21H,10-11,13-14H2,1-5H3,(H,44,47). The van der Waals surface area contributed by atoms with Crippen molar-refractivity contribution in [3.63, 3.8) is 0 Å². The molecule has 4 aromatic heterocycles. The second kappa shape index (κ2) is 13.1. The minimum atomic E-state index is -4.56. The largest absolute Gasteiger partial charge is 0.480 e. The average Bonchev–Trinajstić information content (AvgIpc) is 3.81. The topological polar surface area (TPSA) is 140 Å². The van der Waals surface area contributed by atoms with Gasteiger partial charge >= 0.3 is 6.18 Å². The SMILES string of the molecule is COc1ncnc(C2CC2)c1-c1ncnc(N(Cc2ccc(-c3nc(C(F)(F)F)cn3C(C)C)cc2)Cc2cc(C(C)C)c(=O)[nH]n2)n1. The molecule has 250 valence electrons. The molecule has 0 unspecified atom stereocenters. The molecule has 1 saturated carbocycles. The fraction of sp³-hybridized carbons (Fsp3) is 0.394. The van der Waals surface area contributed by atoms with Crippen LogP contribution in [0.15, 0.2) is 54.0 Å². The third-order valence-electron chi connectivity index (χ3n) is 8.09. The van der Waals surface area contributed by atoms with Gasteiger partial charge in [0.2, 0.25) is 11.8 Å². The summed E-state index contributed by atoms with van der Waals surface area (Å²) in [6.45, 7) is 8.00. The number of hydrogen-bond acceptors (Lipinski definition) is 10. The molecule has 0 amide bonds. The third kappa shape index (κ3) is 6.89. The molecule has 0 radical (unpaired) electrons. The zero-order valence-corrected chi connectivity index (χ0v) is 27.2. The van der Waals surface area contributed by atoms with Gasteiger partial charge in [-0.05, 0) is 44.2 Å². The maximum Gasteiger partial charge on any atom is 0.434 e. The number of halogens is 3. The average molecular weight is 661 g/mol. The van der Waals surface area contributed by atoms with Crippen molar-refractivity contribution in [3.8, 4) is 28.7 Å². The minimum absolute atomic E-state index is 0.0251. The normalized spacial score (nSPS) is 13.4. The van der Waals surface area contributed by atoms with Crippen molar-refractivity contribution >= 4 is 5.95 Å². The quantitative estimate of drug-likeness (QED) is 0.177. The molecule has 48 heavy (non-hydrogen) atoms. The van der Waals surface area contributed by atoms with E-state index in [-0.39, 0.29) is 35.8 Å². The molecule has 0 saturated heterocycles. The number of benzene rings is 1. The van der Waals surface area contributed by atoms with Crippen molar-refractivity contribution in [1.29, 1.82) is 0 Å². The van der Waals surface area contributed by atoms with E-state index in [4.69, 9.17) is 9.72 Å². The van der Waals surface area contributed by atoms with Gasteiger partial charge in [-0.3, -0.25) is 4.79 Å². The second-order valence-corrected chi connectivity index (χ2v) is 12.3. The summed E-state index contributed by atoms with van der Waals surface area (Å²) in [4.78, 5) is 40.8. The van der Waals surface area contributed by atoms with E-state index in [1.807, 2.05) is 30.9 Å². The van der Waals surface area contributed by atoms with Crippen molar-refractivity contribution < 1.29 is 17.9 Å². The van der Waals surface area contributed by atoms with Crippen LogP contribution in [0.2, 0.25) is 0 Å². The number of H-pyrrole nitrogens is 1. The molecule has 1 N–H and O–H groups in total. The third-order valence-corrected chi connectivity index (χ3v) is 8.09. The molecule has 5 aromatic rings. The Morgan fingerprint density at radius 1 is 1.00 bits per heavy atom. The maximum absolute atomic E-state index is 13.5. The summed E-state index contributed by atoms with van der Waals surface area (Å²) in [5, 5.41) is 6.89. The summed E-state index contributed by atoms with van der Waals surface area (Å²) >= 11 is 0. The molecule has 1 aliphatic carbocycles. The molecule has 1 aromatic carbocycles. The number of anilines is 1. The lowest BCUT2D eigenvalue weighted by Crippen LogP contribution is -2.27. The summed E-state index contributed by atoms with van der Waals surface area (Å²) in [6.07, 6.45) is 1.37. The van der Waals surface area contributed by atoms with Crippen LogP contribution in [-0.4, -0.2) is 51.8 Å². The Labute approximate surface area is 274 Å². The van der Waals surface area contributed by atoms with E-state index in [1.54, 1.807) is 32.0 Å². The molecule has 0 atom stereocenters. The highest BCUT2D eigenvalue weighted by molar-refractivity contribution is 5.66. The minimum Gasteiger partial charge on any atom is -0.480 e. The Balaban J connectivity index is 1.37. The van der Waals surface area contributed by atoms with Crippen LogP contribution in [0.25, 0.3) is 22.8 Å². The van der Waals surface area contributed by atoms with Gasteiger partial charge in [-0.1, -0.05) is 38.1 Å². The lowest BCUT2D eigenvalue weighted by molar-refractivity contribution is -0.140. The Bertz CT molecular complexity index is 1970. The van der Waals surface area contributed by atoms with Gasteiger partial charge in [0.1, 0.15) is 24.0 Å². The number of methoxy groups -OCH3 is 1. The molecular weight excluding hydrogens is 625 g/mol. The van der Waals surface area contributed by atoms with Gasteiger partial charge in [0.25, 0.3) is 5.56 Å². The van der Waals surface area contributed by atoms with E-state index in [9.17, 15) is 18.0 Å². The molecule has 15 heteroatoms. The Morgan fingerprint density at radius 3 is 2.38 bits per heavy atom. The lowest BCUT2D eigenvalue weighted by atomic mass is 10.1. The molecule has 0 bridgehead atoms. The predicted octanol–water partition coefficient (Wildman–Crippen LogP) is 6.09. The number of aromatic amines is 1. The lowest BCUT2D eigenvalue weighted by Gasteiger charge is -2.23. The number of rotatable bonds is 11. The number of alkyl halides is 3. The van der Waals surface area contributed by atoms with Gasteiger partial charge in [-0.2, -0.15) is 23.3 Å². The summed E-state index contributed by atoms with van der Waals surface area (Å²) in [7, 11) is 1.53. The molecular formula is C33H35F3N10O2. The van der Waals surface area contributed by atoms with E-state index < -0.39 is 11.9 Å². The van der Waals surface area contributed by atoms with Crippen LogP contribution in [0, 0.1) is 0 Å². The first-order chi connectivity index (χ1) is 22.9. The number of nitrogens with one attached hydrogen (secondary N) is 1. The summed E-state index contributed by atoms with van der Waals surface area (Å²) in [5.74, 6) is 1.53. The number of imidazole rings is 1. The summed E-state index contributed by atoms with van der Waals surface area (Å²) < 4.78 is 47.6. The molecule has 1 fully saturated rings. The number of aromatic nitrogens is 9. The summed E-state index contributed by atoms with van der Waals surface area (Å²) in [5.41, 5.74) is 2.80. The van der Waals surface area contributed by atoms with Crippen LogP contribution in [0.5, 0.6) is 5.88 Å². The van der Waals surface area contributed by atoms with E-state index in [0.717, 1.165) is 30.3 Å². The van der Waals surface area contributed by atoms with Crippen LogP contribution >= 0.6 is 0 Å². The molecule has 0 spiro atoms. The van der Waals surface area contributed by atoms with Crippen molar-refractivity contribution in [1.82, 2.24) is 44.7 Å². The van der Waals surface area contributed by atoms with E-state index >= 15 is 0 Å². The molecule has 12 nitrogen and oxygen atoms in total. The van der Waals surface area contributed by atoms with Crippen molar-refractivity contribution in [2.45, 2.75) is 77.7 Å². The second-order valence-electron chi connectivity index (χ2n) is 12.3. The highest BCUT2D eigenvalue weighted by Crippen LogP contribution is 2.45. The smallest absolute Gasteiger partial charge is 0.434 e. The van der Waals surface area contributed by atoms with Crippen LogP contribution in [0.1, 0.15) is 86.6 Å². The zero-order chi connectivity index (χ0) is 34.2. The van der Waals surface area contributed by atoms with E-state index in [0.29, 0.717) is 46.6 Å². The van der Waals surface area contributed by atoms with Crippen molar-refractivity contribution in [2.24, 2.45) is 0 Å². The van der Waals surface area contributed by atoms with Crippen LogP contribution in [0.4, 0.5) is 19.1 Å². The molecule has 1 aliphatic rings. The first-order valence-electron chi connectivity index (χ1n) is 15.6. The van der Waals surface area contributed by atoms with Crippen LogP contribution in [-0.2, 0) is 19.3 Å². The maximum atomic E-state index is 13.5.